The van der Waals surface area contributed by atoms with Gasteiger partial charge in [-0.1, -0.05) is 13.8 Å². The Balaban J connectivity index is 1.95. The maximum atomic E-state index is 9.37. The predicted octanol–water partition coefficient (Wildman–Crippen LogP) is 2.11. The van der Waals surface area contributed by atoms with Gasteiger partial charge in [-0.25, -0.2) is 0 Å². The van der Waals surface area contributed by atoms with Crippen LogP contribution in [0, 0.1) is 16.7 Å². The number of anilines is 1. The van der Waals surface area contributed by atoms with Gasteiger partial charge < -0.3 is 10.2 Å². The summed E-state index contributed by atoms with van der Waals surface area (Å²) >= 11 is 1.81. The molecule has 1 saturated heterocycles. The number of thiophene rings is 1. The van der Waals surface area contributed by atoms with Crippen LogP contribution < -0.4 is 10.2 Å². The van der Waals surface area contributed by atoms with E-state index in [-0.39, 0.29) is 0 Å². The summed E-state index contributed by atoms with van der Waals surface area (Å²) in [6.45, 7) is 8.66. The molecule has 0 unspecified atom stereocenters. The van der Waals surface area contributed by atoms with E-state index in [0.29, 0.717) is 5.41 Å². The van der Waals surface area contributed by atoms with E-state index < -0.39 is 0 Å². The molecule has 0 aliphatic carbocycles. The van der Waals surface area contributed by atoms with Gasteiger partial charge in [0, 0.05) is 24.5 Å². The zero-order valence-electron chi connectivity index (χ0n) is 10.3. The summed E-state index contributed by atoms with van der Waals surface area (Å²) in [6.07, 6.45) is 1.01. The second-order valence-electron chi connectivity index (χ2n) is 5.74. The van der Waals surface area contributed by atoms with Gasteiger partial charge in [0.2, 0.25) is 0 Å². The van der Waals surface area contributed by atoms with Crippen LogP contribution in [0.3, 0.4) is 0 Å². The molecule has 0 bridgehead atoms. The molecule has 1 fully saturated rings. The minimum Gasteiger partial charge on any atom is -0.361 e. The van der Waals surface area contributed by atoms with Crippen molar-refractivity contribution in [1.29, 1.82) is 5.26 Å². The van der Waals surface area contributed by atoms with E-state index in [4.69, 9.17) is 0 Å². The Labute approximate surface area is 106 Å². The average Bonchev–Trinajstić information content (AvgIpc) is 2.63. The van der Waals surface area contributed by atoms with Crippen LogP contribution in [0.4, 0.5) is 5.00 Å². The maximum absolute atomic E-state index is 9.37. The van der Waals surface area contributed by atoms with Crippen molar-refractivity contribution in [1.82, 2.24) is 5.32 Å². The smallest absolute Gasteiger partial charge is 0.110 e. The molecule has 1 N–H and O–H groups in total. The van der Waals surface area contributed by atoms with Crippen LogP contribution in [0.25, 0.3) is 0 Å². The van der Waals surface area contributed by atoms with Crippen molar-refractivity contribution in [2.24, 2.45) is 5.41 Å². The lowest BCUT2D eigenvalue weighted by atomic mass is 9.84. The van der Waals surface area contributed by atoms with Crippen molar-refractivity contribution in [2.45, 2.75) is 26.8 Å². The largest absolute Gasteiger partial charge is 0.361 e. The molecule has 3 heterocycles. The Morgan fingerprint density at radius 3 is 2.82 bits per heavy atom. The molecule has 17 heavy (non-hydrogen) atoms. The number of nitrogens with one attached hydrogen (secondary N) is 1. The van der Waals surface area contributed by atoms with Crippen LogP contribution >= 0.6 is 11.3 Å². The summed E-state index contributed by atoms with van der Waals surface area (Å²) in [5.74, 6) is 0. The Morgan fingerprint density at radius 2 is 2.18 bits per heavy atom. The third-order valence-electron chi connectivity index (χ3n) is 3.55. The molecule has 1 aromatic heterocycles. The SMILES string of the molecule is CC1(C)CN(c2sc3c(c2C#N)CCNC3)C1. The molecular formula is C13H17N3S. The summed E-state index contributed by atoms with van der Waals surface area (Å²) in [6, 6.07) is 2.42. The normalized spacial score (nSPS) is 21.6. The number of nitrogens with zero attached hydrogens (tertiary/aromatic N) is 2. The minimum atomic E-state index is 0.412. The maximum Gasteiger partial charge on any atom is 0.110 e. The van der Waals surface area contributed by atoms with Gasteiger partial charge in [0.05, 0.1) is 5.56 Å². The van der Waals surface area contributed by atoms with E-state index >= 15 is 0 Å². The summed E-state index contributed by atoms with van der Waals surface area (Å²) in [4.78, 5) is 3.73. The van der Waals surface area contributed by atoms with Crippen molar-refractivity contribution in [3.63, 3.8) is 0 Å². The first kappa shape index (κ1) is 11.1. The highest BCUT2D eigenvalue weighted by Crippen LogP contribution is 2.42. The van der Waals surface area contributed by atoms with Gasteiger partial charge in [-0.05, 0) is 23.9 Å². The van der Waals surface area contributed by atoms with Crippen molar-refractivity contribution < 1.29 is 0 Å². The fourth-order valence-corrected chi connectivity index (χ4v) is 4.05. The fraction of sp³-hybridized carbons (Fsp3) is 0.615. The number of fused-ring (bicyclic) bond motifs is 1. The quantitative estimate of drug-likeness (QED) is 0.826. The van der Waals surface area contributed by atoms with E-state index in [1.807, 2.05) is 11.3 Å². The lowest BCUT2D eigenvalue weighted by molar-refractivity contribution is 0.278. The highest BCUT2D eigenvalue weighted by molar-refractivity contribution is 7.16. The first-order valence-electron chi connectivity index (χ1n) is 6.11. The van der Waals surface area contributed by atoms with Crippen molar-refractivity contribution >= 4 is 16.3 Å². The molecule has 0 spiro atoms. The van der Waals surface area contributed by atoms with Crippen LogP contribution in [0.2, 0.25) is 0 Å². The standard InChI is InChI=1S/C13H17N3S/c1-13(2)7-16(8-13)12-10(5-14)9-3-4-15-6-11(9)17-12/h15H,3-4,6-8H2,1-2H3. The van der Waals surface area contributed by atoms with E-state index in [1.54, 1.807) is 0 Å². The Hall–Kier alpha value is -1.05. The Kier molecular flexibility index (Phi) is 2.42. The van der Waals surface area contributed by atoms with Crippen molar-refractivity contribution in [2.75, 3.05) is 24.5 Å². The number of nitriles is 1. The van der Waals surface area contributed by atoms with Gasteiger partial charge in [0.1, 0.15) is 11.1 Å². The summed E-state index contributed by atoms with van der Waals surface area (Å²) in [5.41, 5.74) is 2.66. The monoisotopic (exact) mass is 247 g/mol. The zero-order valence-corrected chi connectivity index (χ0v) is 11.2. The molecule has 1 aromatic rings. The molecule has 0 saturated carbocycles. The first-order valence-corrected chi connectivity index (χ1v) is 6.93. The predicted molar refractivity (Wildman–Crippen MR) is 70.4 cm³/mol. The van der Waals surface area contributed by atoms with Crippen LogP contribution in [-0.4, -0.2) is 19.6 Å². The van der Waals surface area contributed by atoms with Gasteiger partial charge in [0.15, 0.2) is 0 Å². The fourth-order valence-electron chi connectivity index (χ4n) is 2.79. The van der Waals surface area contributed by atoms with Gasteiger partial charge in [0.25, 0.3) is 0 Å². The molecule has 3 rings (SSSR count). The Bertz CT molecular complexity index is 487. The van der Waals surface area contributed by atoms with Crippen LogP contribution in [0.5, 0.6) is 0 Å². The molecule has 0 atom stereocenters. The highest BCUT2D eigenvalue weighted by atomic mass is 32.1. The molecule has 0 amide bonds. The second kappa shape index (κ2) is 3.72. The number of hydrogen-bond donors (Lipinski definition) is 1. The summed E-state index contributed by atoms with van der Waals surface area (Å²) in [5, 5.41) is 14.0. The second-order valence-corrected chi connectivity index (χ2v) is 6.83. The molecule has 3 nitrogen and oxygen atoms in total. The van der Waals surface area contributed by atoms with Crippen molar-refractivity contribution in [3.05, 3.63) is 16.0 Å². The molecular weight excluding hydrogens is 230 g/mol. The summed E-state index contributed by atoms with van der Waals surface area (Å²) < 4.78 is 0. The van der Waals surface area contributed by atoms with Gasteiger partial charge in [-0.2, -0.15) is 5.26 Å². The van der Waals surface area contributed by atoms with E-state index in [9.17, 15) is 5.26 Å². The van der Waals surface area contributed by atoms with Crippen LogP contribution in [0.1, 0.15) is 29.9 Å². The number of rotatable bonds is 1. The molecule has 90 valence electrons. The topological polar surface area (TPSA) is 39.1 Å². The summed E-state index contributed by atoms with van der Waals surface area (Å²) in [7, 11) is 0. The average molecular weight is 247 g/mol. The van der Waals surface area contributed by atoms with Crippen LogP contribution in [-0.2, 0) is 13.0 Å². The molecule has 4 heteroatoms. The first-order chi connectivity index (χ1) is 8.11. The highest BCUT2D eigenvalue weighted by Gasteiger charge is 2.37. The zero-order chi connectivity index (χ0) is 12.0. The van der Waals surface area contributed by atoms with Crippen LogP contribution in [0.15, 0.2) is 0 Å². The Morgan fingerprint density at radius 1 is 1.41 bits per heavy atom. The minimum absolute atomic E-state index is 0.412. The van der Waals surface area contributed by atoms with E-state index in [1.165, 1.54) is 15.4 Å². The van der Waals surface area contributed by atoms with E-state index in [0.717, 1.165) is 38.2 Å². The lowest BCUT2D eigenvalue weighted by Gasteiger charge is -2.46. The third kappa shape index (κ3) is 1.74. The third-order valence-corrected chi connectivity index (χ3v) is 4.84. The van der Waals surface area contributed by atoms with Gasteiger partial charge in [-0.15, -0.1) is 11.3 Å². The lowest BCUT2D eigenvalue weighted by Crippen LogP contribution is -2.53. The molecule has 2 aliphatic heterocycles. The number of hydrogen-bond acceptors (Lipinski definition) is 4. The van der Waals surface area contributed by atoms with Crippen molar-refractivity contribution in [3.8, 4) is 6.07 Å². The van der Waals surface area contributed by atoms with E-state index in [2.05, 4.69) is 30.1 Å². The molecule has 0 radical (unpaired) electrons. The van der Waals surface area contributed by atoms with Gasteiger partial charge in [-0.3, -0.25) is 0 Å². The molecule has 0 aromatic carbocycles. The molecule has 2 aliphatic rings. The van der Waals surface area contributed by atoms with Gasteiger partial charge >= 0.3 is 0 Å².